The van der Waals surface area contributed by atoms with E-state index in [4.69, 9.17) is 13.8 Å². The minimum Gasteiger partial charge on any atom is -0.461 e. The van der Waals surface area contributed by atoms with E-state index in [0.717, 1.165) is 0 Å². The number of esters is 1. The van der Waals surface area contributed by atoms with E-state index in [1.54, 1.807) is 30.3 Å². The third-order valence-corrected chi connectivity index (χ3v) is 4.67. The van der Waals surface area contributed by atoms with Gasteiger partial charge in [-0.15, -0.1) is 0 Å². The van der Waals surface area contributed by atoms with Crippen LogP contribution in [-0.2, 0) is 23.1 Å². The van der Waals surface area contributed by atoms with Gasteiger partial charge in [0.1, 0.15) is 6.61 Å². The first-order valence-electron chi connectivity index (χ1n) is 5.62. The van der Waals surface area contributed by atoms with Gasteiger partial charge in [-0.1, -0.05) is 43.0 Å². The Morgan fingerprint density at radius 3 is 2.37 bits per heavy atom. The number of carbonyl (C=O) groups is 1. The molecule has 0 amide bonds. The summed E-state index contributed by atoms with van der Waals surface area (Å²) in [5, 5.41) is 0. The maximum Gasteiger partial charge on any atom is 0.348 e. The van der Waals surface area contributed by atoms with E-state index in [1.807, 2.05) is 0 Å². The Balaban J connectivity index is 3.15. The Labute approximate surface area is 112 Å². The Morgan fingerprint density at radius 2 is 1.89 bits per heavy atom. The quantitative estimate of drug-likeness (QED) is 0.437. The molecule has 0 N–H and O–H groups in total. The van der Waals surface area contributed by atoms with Crippen molar-refractivity contribution < 1.29 is 23.1 Å². The summed E-state index contributed by atoms with van der Waals surface area (Å²) in [5.74, 6) is -0.668. The molecule has 0 aromatic heterocycles. The molecule has 0 spiro atoms. The summed E-state index contributed by atoms with van der Waals surface area (Å²) in [6, 6.07) is 8.60. The van der Waals surface area contributed by atoms with E-state index >= 15 is 0 Å². The number of hydrogen-bond donors (Lipinski definition) is 0. The van der Waals surface area contributed by atoms with Crippen LogP contribution < -0.4 is 0 Å². The van der Waals surface area contributed by atoms with E-state index in [2.05, 4.69) is 6.58 Å². The zero-order valence-electron chi connectivity index (χ0n) is 10.9. The molecule has 6 heteroatoms. The van der Waals surface area contributed by atoms with Crippen LogP contribution in [0.3, 0.4) is 0 Å². The molecule has 1 aromatic rings. The van der Waals surface area contributed by atoms with E-state index in [0.29, 0.717) is 5.56 Å². The zero-order chi connectivity index (χ0) is 14.3. The van der Waals surface area contributed by atoms with Crippen molar-refractivity contribution in [3.63, 3.8) is 0 Å². The molecule has 0 aliphatic carbocycles. The van der Waals surface area contributed by atoms with Crippen molar-refractivity contribution in [1.29, 1.82) is 0 Å². The summed E-state index contributed by atoms with van der Waals surface area (Å²) in [7, 11) is -1.14. The van der Waals surface area contributed by atoms with E-state index in [-0.39, 0.29) is 6.61 Å². The van der Waals surface area contributed by atoms with E-state index in [1.165, 1.54) is 20.3 Å². The summed E-state index contributed by atoms with van der Waals surface area (Å²) >= 11 is 0. The van der Waals surface area contributed by atoms with Crippen LogP contribution in [-0.4, -0.2) is 26.8 Å². The highest BCUT2D eigenvalue weighted by molar-refractivity contribution is 7.55. The van der Waals surface area contributed by atoms with Crippen LogP contribution in [0.4, 0.5) is 0 Å². The molecule has 1 unspecified atom stereocenters. The van der Waals surface area contributed by atoms with Crippen LogP contribution in [0.2, 0.25) is 0 Å². The number of carbonyl (C=O) groups excluding carboxylic acids is 1. The number of rotatable bonds is 7. The molecule has 0 saturated heterocycles. The van der Waals surface area contributed by atoms with E-state index < -0.39 is 19.2 Å². The lowest BCUT2D eigenvalue weighted by Crippen LogP contribution is -2.18. The molecule has 0 aliphatic heterocycles. The summed E-state index contributed by atoms with van der Waals surface area (Å²) in [4.78, 5) is 12.1. The van der Waals surface area contributed by atoms with Crippen LogP contribution in [0, 0.1) is 0 Å². The van der Waals surface area contributed by atoms with Crippen molar-refractivity contribution in [1.82, 2.24) is 0 Å². The van der Waals surface area contributed by atoms with Gasteiger partial charge in [0.2, 0.25) is 0 Å². The first kappa shape index (κ1) is 15.6. The predicted molar refractivity (Wildman–Crippen MR) is 72.0 cm³/mol. The number of hydrogen-bond acceptors (Lipinski definition) is 5. The molecule has 1 aromatic carbocycles. The van der Waals surface area contributed by atoms with Gasteiger partial charge in [0.05, 0.1) is 0 Å². The molecule has 1 rings (SSSR count). The fraction of sp³-hybridized carbons (Fsp3) is 0.308. The summed E-state index contributed by atoms with van der Waals surface area (Å²) in [6.45, 7) is 3.50. The summed E-state index contributed by atoms with van der Waals surface area (Å²) in [6.07, 6.45) is 1.44. The van der Waals surface area contributed by atoms with Crippen LogP contribution in [0.15, 0.2) is 43.0 Å². The monoisotopic (exact) mass is 284 g/mol. The second kappa shape index (κ2) is 7.24. The third kappa shape index (κ3) is 3.77. The molecule has 19 heavy (non-hydrogen) atoms. The SMILES string of the molecule is C=CCOC(=O)C(c1ccccc1)P(=O)(OC)OC. The standard InChI is InChI=1S/C13H17O5P/c1-4-10-18-13(14)12(19(15,16-2)17-3)11-8-6-5-7-9-11/h4-9,12H,1,10H2,2-3H3. The van der Waals surface area contributed by atoms with Gasteiger partial charge in [-0.25, -0.2) is 0 Å². The van der Waals surface area contributed by atoms with Gasteiger partial charge in [-0.2, -0.15) is 0 Å². The number of ether oxygens (including phenoxy) is 1. The lowest BCUT2D eigenvalue weighted by molar-refractivity contribution is -0.142. The first-order valence-corrected chi connectivity index (χ1v) is 7.24. The summed E-state index contributed by atoms with van der Waals surface area (Å²) in [5.41, 5.74) is -0.591. The topological polar surface area (TPSA) is 61.8 Å². The maximum atomic E-state index is 12.5. The molecule has 0 fully saturated rings. The highest BCUT2D eigenvalue weighted by atomic mass is 31.2. The largest absolute Gasteiger partial charge is 0.461 e. The van der Waals surface area contributed by atoms with Gasteiger partial charge in [0.15, 0.2) is 5.66 Å². The summed E-state index contributed by atoms with van der Waals surface area (Å²) < 4.78 is 27.3. The molecule has 0 bridgehead atoms. The molecule has 5 nitrogen and oxygen atoms in total. The van der Waals surface area contributed by atoms with Crippen molar-refractivity contribution >= 4 is 13.6 Å². The Morgan fingerprint density at radius 1 is 1.32 bits per heavy atom. The predicted octanol–water partition coefficient (Wildman–Crippen LogP) is 2.94. The number of benzene rings is 1. The highest BCUT2D eigenvalue weighted by Gasteiger charge is 2.42. The van der Waals surface area contributed by atoms with Crippen molar-refractivity contribution in [2.75, 3.05) is 20.8 Å². The van der Waals surface area contributed by atoms with Crippen LogP contribution in [0.5, 0.6) is 0 Å². The normalized spacial score (nSPS) is 12.7. The zero-order valence-corrected chi connectivity index (χ0v) is 11.8. The van der Waals surface area contributed by atoms with Crippen molar-refractivity contribution in [2.45, 2.75) is 5.66 Å². The van der Waals surface area contributed by atoms with Crippen LogP contribution in [0.25, 0.3) is 0 Å². The Hall–Kier alpha value is -1.42. The minimum absolute atomic E-state index is 0.0373. The Kier molecular flexibility index (Phi) is 5.96. The second-order valence-corrected chi connectivity index (χ2v) is 5.96. The van der Waals surface area contributed by atoms with Gasteiger partial charge in [0, 0.05) is 14.2 Å². The lowest BCUT2D eigenvalue weighted by atomic mass is 10.1. The minimum atomic E-state index is -3.62. The molecule has 0 aliphatic rings. The molecule has 0 heterocycles. The molecular formula is C13H17O5P. The lowest BCUT2D eigenvalue weighted by Gasteiger charge is -2.22. The van der Waals surface area contributed by atoms with Crippen molar-refractivity contribution in [3.8, 4) is 0 Å². The first-order chi connectivity index (χ1) is 9.09. The van der Waals surface area contributed by atoms with Crippen molar-refractivity contribution in [2.24, 2.45) is 0 Å². The van der Waals surface area contributed by atoms with Gasteiger partial charge in [-0.3, -0.25) is 9.36 Å². The van der Waals surface area contributed by atoms with Gasteiger partial charge < -0.3 is 13.8 Å². The van der Waals surface area contributed by atoms with Crippen LogP contribution in [0.1, 0.15) is 11.2 Å². The van der Waals surface area contributed by atoms with Gasteiger partial charge >= 0.3 is 13.6 Å². The van der Waals surface area contributed by atoms with Crippen molar-refractivity contribution in [3.05, 3.63) is 48.6 Å². The van der Waals surface area contributed by atoms with Gasteiger partial charge in [0.25, 0.3) is 0 Å². The molecule has 0 radical (unpaired) electrons. The molecule has 1 atom stereocenters. The molecule has 0 saturated carbocycles. The van der Waals surface area contributed by atoms with E-state index in [9.17, 15) is 9.36 Å². The maximum absolute atomic E-state index is 12.5. The highest BCUT2D eigenvalue weighted by Crippen LogP contribution is 2.60. The third-order valence-electron chi connectivity index (χ3n) is 2.51. The average molecular weight is 284 g/mol. The smallest absolute Gasteiger partial charge is 0.348 e. The average Bonchev–Trinajstić information content (AvgIpc) is 2.46. The molecular weight excluding hydrogens is 267 g/mol. The molecule has 104 valence electrons. The fourth-order valence-corrected chi connectivity index (χ4v) is 3.03. The second-order valence-electron chi connectivity index (χ2n) is 3.64. The van der Waals surface area contributed by atoms with Gasteiger partial charge in [-0.05, 0) is 5.56 Å². The Bertz CT molecular complexity index is 463. The fourth-order valence-electron chi connectivity index (χ4n) is 1.59. The van der Waals surface area contributed by atoms with Crippen LogP contribution >= 0.6 is 7.60 Å².